The van der Waals surface area contributed by atoms with E-state index in [1.807, 2.05) is 24.3 Å². The number of fused-ring (bicyclic) bond motifs is 2. The van der Waals surface area contributed by atoms with Crippen LogP contribution in [0.15, 0.2) is 34.8 Å². The average Bonchev–Trinajstić information content (AvgIpc) is 3.11. The molecule has 0 aliphatic carbocycles. The monoisotopic (exact) mass is 419 g/mol. The number of hydrogen-bond donors (Lipinski definition) is 1. The van der Waals surface area contributed by atoms with Crippen LogP contribution < -0.4 is 14.2 Å². The molecule has 0 saturated carbocycles. The van der Waals surface area contributed by atoms with Crippen molar-refractivity contribution in [2.45, 2.75) is 25.0 Å². The zero-order valence-electron chi connectivity index (χ0n) is 14.9. The molecule has 2 atom stereocenters. The molecule has 6 heteroatoms. The van der Waals surface area contributed by atoms with Crippen molar-refractivity contribution < 1.29 is 19.3 Å². The second kappa shape index (κ2) is 7.10. The summed E-state index contributed by atoms with van der Waals surface area (Å²) in [7, 11) is 3.75. The zero-order chi connectivity index (χ0) is 18.3. The molecule has 0 fully saturated rings. The fourth-order valence-corrected chi connectivity index (χ4v) is 4.12. The Kier molecular flexibility index (Phi) is 4.82. The van der Waals surface area contributed by atoms with Crippen molar-refractivity contribution in [3.63, 3.8) is 0 Å². The molecule has 2 aliphatic heterocycles. The molecule has 0 amide bonds. The van der Waals surface area contributed by atoms with E-state index in [0.29, 0.717) is 12.2 Å². The Labute approximate surface area is 161 Å². The second-order valence-electron chi connectivity index (χ2n) is 6.77. The van der Waals surface area contributed by atoms with E-state index in [-0.39, 0.29) is 12.8 Å². The lowest BCUT2D eigenvalue weighted by atomic mass is 9.87. The molecule has 0 spiro atoms. The van der Waals surface area contributed by atoms with E-state index in [9.17, 15) is 5.11 Å². The third-order valence-electron chi connectivity index (χ3n) is 5.25. The Bertz CT molecular complexity index is 808. The molecule has 2 aromatic carbocycles. The number of ether oxygens (including phenoxy) is 3. The minimum atomic E-state index is -0.559. The van der Waals surface area contributed by atoms with E-state index in [4.69, 9.17) is 14.2 Å². The van der Waals surface area contributed by atoms with Gasteiger partial charge < -0.3 is 19.3 Å². The minimum absolute atomic E-state index is 0.0434. The summed E-state index contributed by atoms with van der Waals surface area (Å²) in [5, 5.41) is 10.8. The van der Waals surface area contributed by atoms with Crippen molar-refractivity contribution in [3.8, 4) is 17.2 Å². The Morgan fingerprint density at radius 3 is 2.81 bits per heavy atom. The van der Waals surface area contributed by atoms with Crippen molar-refractivity contribution >= 4 is 15.9 Å². The largest absolute Gasteiger partial charge is 0.492 e. The highest BCUT2D eigenvalue weighted by Gasteiger charge is 2.35. The highest BCUT2D eigenvalue weighted by molar-refractivity contribution is 9.10. The summed E-state index contributed by atoms with van der Waals surface area (Å²) in [6.07, 6.45) is 0.946. The van der Waals surface area contributed by atoms with Crippen LogP contribution in [0.2, 0.25) is 0 Å². The Balaban J connectivity index is 1.70. The van der Waals surface area contributed by atoms with E-state index in [0.717, 1.165) is 40.1 Å². The van der Waals surface area contributed by atoms with Crippen LogP contribution in [0.3, 0.4) is 0 Å². The van der Waals surface area contributed by atoms with Gasteiger partial charge in [0.1, 0.15) is 0 Å². The highest BCUT2D eigenvalue weighted by Crippen LogP contribution is 2.50. The van der Waals surface area contributed by atoms with Crippen molar-refractivity contribution in [3.05, 3.63) is 51.5 Å². The number of methoxy groups -OCH3 is 1. The molecule has 0 aromatic heterocycles. The van der Waals surface area contributed by atoms with Crippen LogP contribution in [0.5, 0.6) is 17.2 Å². The van der Waals surface area contributed by atoms with Gasteiger partial charge in [0.05, 0.1) is 13.2 Å². The molecular formula is C20H22BrNO4. The first-order chi connectivity index (χ1) is 12.6. The molecule has 1 N–H and O–H groups in total. The molecular weight excluding hydrogens is 398 g/mol. The van der Waals surface area contributed by atoms with Gasteiger partial charge in [-0.05, 0) is 49.2 Å². The maximum Gasteiger partial charge on any atom is 0.231 e. The van der Waals surface area contributed by atoms with Crippen molar-refractivity contribution in [2.75, 3.05) is 27.5 Å². The number of aliphatic hydroxyl groups excluding tert-OH is 1. The second-order valence-corrected chi connectivity index (χ2v) is 7.68. The average molecular weight is 420 g/mol. The van der Waals surface area contributed by atoms with Crippen LogP contribution >= 0.6 is 15.9 Å². The molecule has 4 rings (SSSR count). The molecule has 0 radical (unpaired) electrons. The number of benzene rings is 2. The standard InChI is InChI=1S/C20H22BrNO4/c1-22-8-7-13-9-17-19(26-11-25-17)20(24-2)18(13)15(22)10-16(23)12-3-5-14(21)6-4-12/h3-6,9,15-16,23H,7-8,10-11H2,1-2H3. The van der Waals surface area contributed by atoms with Gasteiger partial charge in [-0.2, -0.15) is 0 Å². The number of nitrogens with zero attached hydrogens (tertiary/aromatic N) is 1. The summed E-state index contributed by atoms with van der Waals surface area (Å²) in [5.74, 6) is 2.15. The van der Waals surface area contributed by atoms with Gasteiger partial charge in [0.15, 0.2) is 11.5 Å². The van der Waals surface area contributed by atoms with E-state index >= 15 is 0 Å². The Morgan fingerprint density at radius 2 is 2.08 bits per heavy atom. The zero-order valence-corrected chi connectivity index (χ0v) is 16.5. The van der Waals surface area contributed by atoms with Crippen LogP contribution in [0.4, 0.5) is 0 Å². The number of aliphatic hydroxyl groups is 1. The first kappa shape index (κ1) is 17.6. The molecule has 5 nitrogen and oxygen atoms in total. The summed E-state index contributed by atoms with van der Waals surface area (Å²) in [4.78, 5) is 2.27. The van der Waals surface area contributed by atoms with Crippen molar-refractivity contribution in [1.29, 1.82) is 0 Å². The lowest BCUT2D eigenvalue weighted by Gasteiger charge is -2.37. The van der Waals surface area contributed by atoms with Gasteiger partial charge in [0.25, 0.3) is 0 Å². The maximum atomic E-state index is 10.8. The molecule has 138 valence electrons. The Hall–Kier alpha value is -1.76. The topological polar surface area (TPSA) is 51.2 Å². The number of halogens is 1. The quantitative estimate of drug-likeness (QED) is 0.815. The predicted octanol–water partition coefficient (Wildman–Crippen LogP) is 3.84. The molecule has 0 bridgehead atoms. The van der Waals surface area contributed by atoms with Gasteiger partial charge in [-0.25, -0.2) is 0 Å². The third kappa shape index (κ3) is 3.06. The summed E-state index contributed by atoms with van der Waals surface area (Å²) in [6.45, 7) is 1.14. The Morgan fingerprint density at radius 1 is 1.31 bits per heavy atom. The molecule has 2 unspecified atom stereocenters. The molecule has 2 aliphatic rings. The number of hydrogen-bond acceptors (Lipinski definition) is 5. The van der Waals surface area contributed by atoms with E-state index in [1.165, 1.54) is 5.56 Å². The van der Waals surface area contributed by atoms with Crippen LogP contribution in [0.25, 0.3) is 0 Å². The summed E-state index contributed by atoms with van der Waals surface area (Å²) in [6, 6.07) is 9.92. The van der Waals surface area contributed by atoms with Gasteiger partial charge >= 0.3 is 0 Å². The fraction of sp³-hybridized carbons (Fsp3) is 0.400. The summed E-state index contributed by atoms with van der Waals surface area (Å²) >= 11 is 3.44. The van der Waals surface area contributed by atoms with Gasteiger partial charge in [0.2, 0.25) is 12.5 Å². The van der Waals surface area contributed by atoms with Crippen LogP contribution in [0.1, 0.15) is 35.3 Å². The number of rotatable bonds is 4. The normalized spacial score (nSPS) is 19.9. The fourth-order valence-electron chi connectivity index (χ4n) is 3.86. The summed E-state index contributed by atoms with van der Waals surface area (Å²) < 4.78 is 17.9. The van der Waals surface area contributed by atoms with Gasteiger partial charge in [-0.3, -0.25) is 4.90 Å². The molecule has 0 saturated heterocycles. The smallest absolute Gasteiger partial charge is 0.231 e. The van der Waals surface area contributed by atoms with Crippen molar-refractivity contribution in [2.24, 2.45) is 0 Å². The lowest BCUT2D eigenvalue weighted by molar-refractivity contribution is 0.107. The van der Waals surface area contributed by atoms with Crippen molar-refractivity contribution in [1.82, 2.24) is 4.90 Å². The van der Waals surface area contributed by atoms with Crippen LogP contribution in [-0.4, -0.2) is 37.5 Å². The van der Waals surface area contributed by atoms with Crippen LogP contribution in [0, 0.1) is 0 Å². The van der Waals surface area contributed by atoms with Crippen LogP contribution in [-0.2, 0) is 6.42 Å². The SMILES string of the molecule is COc1c2c(cc3c1C(CC(O)c1ccc(Br)cc1)N(C)CC3)OCO2. The van der Waals surface area contributed by atoms with Gasteiger partial charge in [0, 0.05) is 22.6 Å². The summed E-state index contributed by atoms with van der Waals surface area (Å²) in [5.41, 5.74) is 3.22. The minimum Gasteiger partial charge on any atom is -0.492 e. The van der Waals surface area contributed by atoms with Gasteiger partial charge in [-0.1, -0.05) is 28.1 Å². The highest BCUT2D eigenvalue weighted by atomic mass is 79.9. The van der Waals surface area contributed by atoms with E-state index < -0.39 is 6.10 Å². The predicted molar refractivity (Wildman–Crippen MR) is 102 cm³/mol. The third-order valence-corrected chi connectivity index (χ3v) is 5.78. The first-order valence-electron chi connectivity index (χ1n) is 8.71. The number of likely N-dealkylation sites (N-methyl/N-ethyl adjacent to an activating group) is 1. The van der Waals surface area contributed by atoms with E-state index in [2.05, 4.69) is 33.9 Å². The lowest BCUT2D eigenvalue weighted by Crippen LogP contribution is -2.33. The molecule has 26 heavy (non-hydrogen) atoms. The molecule has 2 heterocycles. The van der Waals surface area contributed by atoms with E-state index in [1.54, 1.807) is 7.11 Å². The maximum absolute atomic E-state index is 10.8. The first-order valence-corrected chi connectivity index (χ1v) is 9.51. The molecule has 2 aromatic rings. The van der Waals surface area contributed by atoms with Gasteiger partial charge in [-0.15, -0.1) is 0 Å².